The van der Waals surface area contributed by atoms with E-state index >= 15 is 0 Å². The van der Waals surface area contributed by atoms with Crippen molar-refractivity contribution in [1.29, 1.82) is 0 Å². The first kappa shape index (κ1) is 110. The summed E-state index contributed by atoms with van der Waals surface area (Å²) in [6.45, 7) is 51.5. The number of hydrogen-bond donors (Lipinski definition) is 2. The molecule has 2 atom stereocenters. The van der Waals surface area contributed by atoms with Gasteiger partial charge in [-0.2, -0.15) is 0 Å². The van der Waals surface area contributed by atoms with E-state index in [4.69, 9.17) is 47.4 Å². The quantitative estimate of drug-likeness (QED) is 0.0247. The van der Waals surface area contributed by atoms with Crippen molar-refractivity contribution in [2.45, 2.75) is 340 Å². The fourth-order valence-corrected chi connectivity index (χ4v) is 13.3. The van der Waals surface area contributed by atoms with E-state index in [0.29, 0.717) is 63.1 Å². The molecular formula is C84H154N8O22S2. The summed E-state index contributed by atoms with van der Waals surface area (Å²) in [5, 5.41) is 6.01. The number of ether oxygens (including phenoxy) is 10. The van der Waals surface area contributed by atoms with Crippen LogP contribution in [0.1, 0.15) is 272 Å². The van der Waals surface area contributed by atoms with Gasteiger partial charge in [0.2, 0.25) is 11.8 Å². The number of nitrogens with zero attached hydrogens (tertiary/aromatic N) is 6. The SMILES string of the molecule is CC(C)(C)OC(=O)CN(CCN(CCN(CC(=O)OC(C)(C)C)CC(=O)OC(C)(C)C)C(CCCCNC(=O)CCCSSCCCC(=O)NCCCCC(C(=O)OC(C)(C)C)N(CCN(CC(=O)OC(C)(C)C)CC(=O)OC(C)(C)C)CCN(CC(=O)OC(C)(C)C)CC(=O)OC(C)(C)C)C(=O)OC(C)(C)C)CC(=O)OC(C)(C)C. The lowest BCUT2D eigenvalue weighted by molar-refractivity contribution is -0.165. The fourth-order valence-electron chi connectivity index (χ4n) is 11.1. The van der Waals surface area contributed by atoms with Gasteiger partial charge in [0.15, 0.2) is 0 Å². The molecule has 2 amide bonds. The number of amides is 2. The summed E-state index contributed by atoms with van der Waals surface area (Å²) in [5.41, 5.74) is -8.36. The molecule has 2 N–H and O–H groups in total. The molecule has 0 saturated heterocycles. The molecule has 0 aliphatic carbocycles. The minimum atomic E-state index is -0.902. The second-order valence-corrected chi connectivity index (χ2v) is 41.9. The van der Waals surface area contributed by atoms with Crippen molar-refractivity contribution in [2.75, 3.05) is 129 Å². The zero-order valence-corrected chi connectivity index (χ0v) is 78.5. The molecule has 30 nitrogen and oxygen atoms in total. The normalized spacial score (nSPS) is 13.4. The van der Waals surface area contributed by atoms with Crippen LogP contribution >= 0.6 is 21.6 Å². The lowest BCUT2D eigenvalue weighted by atomic mass is 10.1. The van der Waals surface area contributed by atoms with Crippen molar-refractivity contribution >= 4 is 93.1 Å². The number of esters is 10. The van der Waals surface area contributed by atoms with Crippen molar-refractivity contribution in [1.82, 2.24) is 40.0 Å². The largest absolute Gasteiger partial charge is 0.459 e. The summed E-state index contributed by atoms with van der Waals surface area (Å²) in [6, 6.07) is -1.80. The van der Waals surface area contributed by atoms with Gasteiger partial charge >= 0.3 is 59.7 Å². The molecule has 0 fully saturated rings. The Hall–Kier alpha value is -5.90. The van der Waals surface area contributed by atoms with E-state index in [-0.39, 0.29) is 142 Å². The van der Waals surface area contributed by atoms with Crippen LogP contribution < -0.4 is 10.6 Å². The molecule has 674 valence electrons. The lowest BCUT2D eigenvalue weighted by Crippen LogP contribution is -2.51. The monoisotopic (exact) mass is 1690 g/mol. The first-order chi connectivity index (χ1) is 52.6. The number of rotatable bonds is 51. The number of unbranched alkanes of at least 4 members (excludes halogenated alkanes) is 2. The van der Waals surface area contributed by atoms with Crippen LogP contribution in [0, 0.1) is 0 Å². The summed E-state index contributed by atoms with van der Waals surface area (Å²) in [4.78, 5) is 172. The van der Waals surface area contributed by atoms with Gasteiger partial charge in [-0.25, -0.2) is 0 Å². The van der Waals surface area contributed by atoms with Gasteiger partial charge in [0.05, 0.1) is 52.4 Å². The number of carbonyl (C=O) groups is 12. The molecule has 116 heavy (non-hydrogen) atoms. The molecule has 0 aromatic carbocycles. The van der Waals surface area contributed by atoms with E-state index in [2.05, 4.69) is 10.6 Å². The van der Waals surface area contributed by atoms with Gasteiger partial charge in [-0.3, -0.25) is 86.9 Å². The summed E-state index contributed by atoms with van der Waals surface area (Å²) < 4.78 is 57.4. The highest BCUT2D eigenvalue weighted by Gasteiger charge is 2.37. The third-order valence-electron chi connectivity index (χ3n) is 15.0. The highest BCUT2D eigenvalue weighted by Crippen LogP contribution is 2.25. The van der Waals surface area contributed by atoms with Gasteiger partial charge in [-0.05, 0) is 259 Å². The fraction of sp³-hybridized carbons (Fsp3) is 0.857. The van der Waals surface area contributed by atoms with Gasteiger partial charge in [0.25, 0.3) is 0 Å². The smallest absolute Gasteiger partial charge is 0.323 e. The molecule has 0 saturated carbocycles. The molecule has 0 rings (SSSR count). The van der Waals surface area contributed by atoms with Crippen LogP contribution in [0.2, 0.25) is 0 Å². The summed E-state index contributed by atoms with van der Waals surface area (Å²) >= 11 is 0. The van der Waals surface area contributed by atoms with Crippen LogP contribution in [0.25, 0.3) is 0 Å². The van der Waals surface area contributed by atoms with E-state index in [1.807, 2.05) is 9.80 Å². The van der Waals surface area contributed by atoms with E-state index in [1.54, 1.807) is 249 Å². The number of nitrogens with one attached hydrogen (secondary N) is 2. The molecule has 0 aliphatic heterocycles. The molecule has 0 aliphatic rings. The Labute approximate surface area is 703 Å². The average molecular weight is 1690 g/mol. The van der Waals surface area contributed by atoms with Crippen LogP contribution in [0.3, 0.4) is 0 Å². The van der Waals surface area contributed by atoms with E-state index < -0.39 is 128 Å². The molecular weight excluding hydrogens is 1540 g/mol. The maximum atomic E-state index is 14.5. The van der Waals surface area contributed by atoms with Crippen LogP contribution in [0.5, 0.6) is 0 Å². The van der Waals surface area contributed by atoms with Crippen LogP contribution in [-0.4, -0.2) is 298 Å². The van der Waals surface area contributed by atoms with Crippen molar-refractivity contribution in [3.8, 4) is 0 Å². The zero-order chi connectivity index (χ0) is 89.7. The lowest BCUT2D eigenvalue weighted by Gasteiger charge is -2.35. The highest BCUT2D eigenvalue weighted by atomic mass is 33.1. The molecule has 2 unspecified atom stereocenters. The molecule has 0 bridgehead atoms. The highest BCUT2D eigenvalue weighted by molar-refractivity contribution is 8.76. The van der Waals surface area contributed by atoms with Crippen molar-refractivity contribution in [3.63, 3.8) is 0 Å². The Morgan fingerprint density at radius 3 is 0.603 bits per heavy atom. The van der Waals surface area contributed by atoms with E-state index in [9.17, 15) is 57.5 Å². The second-order valence-electron chi connectivity index (χ2n) is 39.2. The Morgan fingerprint density at radius 1 is 0.250 bits per heavy atom. The summed E-state index contributed by atoms with van der Waals surface area (Å²) in [6.07, 6.45) is 4.22. The summed E-state index contributed by atoms with van der Waals surface area (Å²) in [7, 11) is 3.22. The van der Waals surface area contributed by atoms with Crippen molar-refractivity contribution in [3.05, 3.63) is 0 Å². The molecule has 0 radical (unpaired) electrons. The van der Waals surface area contributed by atoms with Crippen LogP contribution in [0.4, 0.5) is 0 Å². The Morgan fingerprint density at radius 2 is 0.431 bits per heavy atom. The molecule has 0 heterocycles. The molecule has 0 spiro atoms. The van der Waals surface area contributed by atoms with E-state index in [1.165, 1.54) is 0 Å². The first-order valence-corrected chi connectivity index (χ1v) is 43.5. The third-order valence-corrected chi connectivity index (χ3v) is 17.6. The van der Waals surface area contributed by atoms with Gasteiger partial charge in [-0.1, -0.05) is 21.6 Å². The number of hydrogen-bond acceptors (Lipinski definition) is 30. The van der Waals surface area contributed by atoms with Crippen molar-refractivity contribution in [2.24, 2.45) is 0 Å². The maximum Gasteiger partial charge on any atom is 0.323 e. The predicted molar refractivity (Wildman–Crippen MR) is 452 cm³/mol. The minimum absolute atomic E-state index is 0.0770. The average Bonchev–Trinajstić information content (AvgIpc) is 0.853. The Kier molecular flexibility index (Phi) is 48.4. The topological polar surface area (TPSA) is 341 Å². The molecule has 0 aromatic rings. The maximum absolute atomic E-state index is 14.5. The molecule has 0 aromatic heterocycles. The van der Waals surface area contributed by atoms with Gasteiger partial charge in [0.1, 0.15) is 68.1 Å². The van der Waals surface area contributed by atoms with Gasteiger partial charge < -0.3 is 58.0 Å². The van der Waals surface area contributed by atoms with Crippen molar-refractivity contribution < 1.29 is 105 Å². The number of carbonyl (C=O) groups excluding carboxylic acids is 12. The zero-order valence-electron chi connectivity index (χ0n) is 76.8. The van der Waals surface area contributed by atoms with Gasteiger partial charge in [-0.15, -0.1) is 0 Å². The summed E-state index contributed by atoms with van der Waals surface area (Å²) in [5.74, 6) is -4.57. The Bertz CT molecular complexity index is 2590. The standard InChI is InChI=1S/C84H154N8O22S2/c1-75(2,3)105-65(95)53-87(54-66(96)106-76(4,5)6)43-47-91(48-44-88(55-67(97)107-77(7,8)9)56-68(98)108-78(10,11)12)61(73(103)113-83(25,26)27)37-31-33-41-85-63(93)39-35-51-115-116-52-36-40-64(94)86-42-34-32-38-62(74(104)114-84(28,29)30)92(49-45-89(57-69(99)109-79(13,14)15)58-70(100)110-80(16,17)18)50-46-90(59-71(101)111-81(19,20)21)60-72(102)112-82(22,23)24/h61-62H,31-60H2,1-30H3,(H,85,93)(H,86,94). The van der Waals surface area contributed by atoms with Gasteiger partial charge in [0, 0.05) is 89.8 Å². The van der Waals surface area contributed by atoms with Crippen LogP contribution in [-0.2, 0) is 105 Å². The first-order valence-electron chi connectivity index (χ1n) is 41.0. The second kappa shape index (κ2) is 51.0. The third kappa shape index (κ3) is 64.1. The minimum Gasteiger partial charge on any atom is -0.459 e. The van der Waals surface area contributed by atoms with E-state index in [0.717, 1.165) is 0 Å². The predicted octanol–water partition coefficient (Wildman–Crippen LogP) is 10.5. The molecule has 32 heteroatoms. The Balaban J connectivity index is 6.35. The van der Waals surface area contributed by atoms with Crippen LogP contribution in [0.15, 0.2) is 0 Å².